The van der Waals surface area contributed by atoms with Gasteiger partial charge in [0, 0.05) is 18.4 Å². The highest BCUT2D eigenvalue weighted by Gasteiger charge is 2.66. The molecule has 1 saturated heterocycles. The lowest BCUT2D eigenvalue weighted by Gasteiger charge is -2.37. The van der Waals surface area contributed by atoms with Crippen molar-refractivity contribution in [1.29, 1.82) is 0 Å². The summed E-state index contributed by atoms with van der Waals surface area (Å²) < 4.78 is 35.2. The number of benzene rings is 2. The summed E-state index contributed by atoms with van der Waals surface area (Å²) in [5.41, 5.74) is 3.68. The lowest BCUT2D eigenvalue weighted by Crippen LogP contribution is -2.46. The van der Waals surface area contributed by atoms with Crippen LogP contribution in [0.15, 0.2) is 46.9 Å². The number of hydrogen-bond acceptors (Lipinski definition) is 5. The van der Waals surface area contributed by atoms with Crippen LogP contribution in [0, 0.1) is 23.7 Å². The molecule has 0 N–H and O–H groups in total. The first-order valence-corrected chi connectivity index (χ1v) is 14.2. The van der Waals surface area contributed by atoms with Gasteiger partial charge in [0.25, 0.3) is 0 Å². The Morgan fingerprint density at radius 1 is 1.11 bits per heavy atom. The van der Waals surface area contributed by atoms with Crippen LogP contribution in [0.1, 0.15) is 63.4 Å². The van der Waals surface area contributed by atoms with Gasteiger partial charge in [0.1, 0.15) is 17.3 Å². The topological polar surface area (TPSA) is 80.5 Å². The minimum absolute atomic E-state index is 0.101. The second-order valence-corrected chi connectivity index (χ2v) is 13.2. The Balaban J connectivity index is 1.31. The number of aromatic nitrogens is 1. The van der Waals surface area contributed by atoms with Crippen molar-refractivity contribution in [2.75, 3.05) is 12.3 Å². The van der Waals surface area contributed by atoms with E-state index in [9.17, 15) is 13.2 Å². The zero-order chi connectivity index (χ0) is 24.6. The van der Waals surface area contributed by atoms with E-state index in [1.807, 2.05) is 24.3 Å². The monoisotopic (exact) mass is 492 g/mol. The zero-order valence-electron chi connectivity index (χ0n) is 20.6. The Hall–Kier alpha value is -2.51. The second-order valence-electron chi connectivity index (χ2n) is 11.3. The molecule has 2 saturated carbocycles. The standard InChI is InChI=1S/C28H32N2O4S/c1-18-6-4-7-19(14-18)20-9-10-24-22(15-20)29-26(34-24)23-8-5-13-30(23)35(32,33)17-28-12-11-21(16-25(28)31)27(28,2)3/h4,6-7,9-10,14-15,21,23H,5,8,11-13,16-17H2,1-3H3/t21-,23+,28-/m0/s1. The molecular formula is C28H32N2O4S. The fourth-order valence-electron chi connectivity index (χ4n) is 6.91. The van der Waals surface area contributed by atoms with E-state index in [1.54, 1.807) is 4.31 Å². The van der Waals surface area contributed by atoms with Gasteiger partial charge in [-0.05, 0) is 67.2 Å². The van der Waals surface area contributed by atoms with Crippen LogP contribution in [0.4, 0.5) is 0 Å². The molecule has 3 aliphatic rings. The molecule has 3 aromatic rings. The van der Waals surface area contributed by atoms with Crippen molar-refractivity contribution in [2.24, 2.45) is 16.7 Å². The molecule has 2 aliphatic carbocycles. The fraction of sp³-hybridized carbons (Fsp3) is 0.500. The number of carbonyl (C=O) groups is 1. The third-order valence-corrected chi connectivity index (χ3v) is 11.2. The molecule has 3 fully saturated rings. The molecule has 2 bridgehead atoms. The Kier molecular flexibility index (Phi) is 5.07. The lowest BCUT2D eigenvalue weighted by atomic mass is 9.70. The van der Waals surface area contributed by atoms with Gasteiger partial charge in [-0.1, -0.05) is 49.7 Å². The van der Waals surface area contributed by atoms with Crippen LogP contribution in [0.2, 0.25) is 0 Å². The first kappa shape index (κ1) is 22.9. The van der Waals surface area contributed by atoms with Gasteiger partial charge in [0.2, 0.25) is 15.9 Å². The van der Waals surface area contributed by atoms with E-state index in [0.29, 0.717) is 43.2 Å². The first-order valence-electron chi connectivity index (χ1n) is 12.6. The Morgan fingerprint density at radius 3 is 2.63 bits per heavy atom. The van der Waals surface area contributed by atoms with Crippen LogP contribution in [0.3, 0.4) is 0 Å². The predicted octanol–water partition coefficient (Wildman–Crippen LogP) is 5.67. The number of nitrogens with zero attached hydrogens (tertiary/aromatic N) is 2. The molecule has 0 spiro atoms. The van der Waals surface area contributed by atoms with Gasteiger partial charge in [-0.25, -0.2) is 13.4 Å². The molecule has 35 heavy (non-hydrogen) atoms. The summed E-state index contributed by atoms with van der Waals surface area (Å²) in [6.45, 7) is 6.67. The lowest BCUT2D eigenvalue weighted by molar-refractivity contribution is -0.128. The molecule has 6 nitrogen and oxygen atoms in total. The van der Waals surface area contributed by atoms with Gasteiger partial charge in [-0.2, -0.15) is 4.31 Å². The number of hydrogen-bond donors (Lipinski definition) is 0. The van der Waals surface area contributed by atoms with E-state index in [4.69, 9.17) is 9.40 Å². The highest BCUT2D eigenvalue weighted by Crippen LogP contribution is 2.64. The third-order valence-electron chi connectivity index (χ3n) is 9.17. The quantitative estimate of drug-likeness (QED) is 0.459. The largest absolute Gasteiger partial charge is 0.439 e. The van der Waals surface area contributed by atoms with Gasteiger partial charge in [-0.15, -0.1) is 0 Å². The summed E-state index contributed by atoms with van der Waals surface area (Å²) in [7, 11) is -3.67. The molecule has 1 aliphatic heterocycles. The van der Waals surface area contributed by atoms with Crippen LogP contribution in [0.5, 0.6) is 0 Å². The van der Waals surface area contributed by atoms with E-state index in [0.717, 1.165) is 29.5 Å². The molecule has 1 aromatic heterocycles. The average molecular weight is 493 g/mol. The Morgan fingerprint density at radius 2 is 1.91 bits per heavy atom. The van der Waals surface area contributed by atoms with Crippen molar-refractivity contribution < 1.29 is 17.6 Å². The zero-order valence-corrected chi connectivity index (χ0v) is 21.4. The normalized spacial score (nSPS) is 28.4. The molecule has 2 heterocycles. The maximum Gasteiger partial charge on any atom is 0.215 e. The molecule has 0 radical (unpaired) electrons. The molecule has 2 aromatic carbocycles. The summed E-state index contributed by atoms with van der Waals surface area (Å²) in [5.74, 6) is 0.764. The van der Waals surface area contributed by atoms with Crippen molar-refractivity contribution in [3.63, 3.8) is 0 Å². The molecule has 7 heteroatoms. The van der Waals surface area contributed by atoms with Crippen molar-refractivity contribution in [1.82, 2.24) is 9.29 Å². The number of sulfonamides is 1. The van der Waals surface area contributed by atoms with Crippen molar-refractivity contribution >= 4 is 26.9 Å². The second kappa shape index (κ2) is 7.74. The van der Waals surface area contributed by atoms with E-state index in [-0.39, 0.29) is 17.0 Å². The number of fused-ring (bicyclic) bond motifs is 3. The highest BCUT2D eigenvalue weighted by atomic mass is 32.2. The first-order chi connectivity index (χ1) is 16.6. The molecule has 0 amide bonds. The van der Waals surface area contributed by atoms with Gasteiger partial charge >= 0.3 is 0 Å². The van der Waals surface area contributed by atoms with Gasteiger partial charge in [0.05, 0.1) is 5.75 Å². The number of aryl methyl sites for hydroxylation is 1. The van der Waals surface area contributed by atoms with E-state index in [2.05, 4.69) is 39.0 Å². The average Bonchev–Trinajstić information content (AvgIpc) is 3.54. The van der Waals surface area contributed by atoms with Crippen LogP contribution >= 0.6 is 0 Å². The number of carbonyl (C=O) groups excluding carboxylic acids is 1. The maximum absolute atomic E-state index is 13.8. The van der Waals surface area contributed by atoms with E-state index in [1.165, 1.54) is 5.56 Å². The Bertz CT molecular complexity index is 1440. The Labute approximate surface area is 206 Å². The minimum Gasteiger partial charge on any atom is -0.439 e. The summed E-state index contributed by atoms with van der Waals surface area (Å²) in [4.78, 5) is 17.7. The van der Waals surface area contributed by atoms with Gasteiger partial charge in [0.15, 0.2) is 5.58 Å². The smallest absolute Gasteiger partial charge is 0.215 e. The van der Waals surface area contributed by atoms with Crippen molar-refractivity contribution in [3.8, 4) is 11.1 Å². The number of oxazole rings is 1. The van der Waals surface area contributed by atoms with Gasteiger partial charge < -0.3 is 4.42 Å². The maximum atomic E-state index is 13.8. The molecular weight excluding hydrogens is 460 g/mol. The highest BCUT2D eigenvalue weighted by molar-refractivity contribution is 7.89. The molecule has 0 unspecified atom stereocenters. The van der Waals surface area contributed by atoms with E-state index >= 15 is 0 Å². The minimum atomic E-state index is -3.67. The number of ketones is 1. The molecule has 184 valence electrons. The number of rotatable bonds is 5. The number of Topliss-reactive ketones (excluding diaryl/α,β-unsaturated/α-hetero) is 1. The van der Waals surface area contributed by atoms with Gasteiger partial charge in [-0.3, -0.25) is 4.79 Å². The summed E-state index contributed by atoms with van der Waals surface area (Å²) in [6.07, 6.45) is 3.55. The molecule has 3 atom stereocenters. The van der Waals surface area contributed by atoms with E-state index < -0.39 is 21.5 Å². The van der Waals surface area contributed by atoms with Crippen LogP contribution in [-0.2, 0) is 14.8 Å². The summed E-state index contributed by atoms with van der Waals surface area (Å²) >= 11 is 0. The fourth-order valence-corrected chi connectivity index (χ4v) is 9.37. The van der Waals surface area contributed by atoms with Crippen LogP contribution in [-0.4, -0.2) is 35.8 Å². The molecule has 6 rings (SSSR count). The summed E-state index contributed by atoms with van der Waals surface area (Å²) in [6, 6.07) is 13.8. The van der Waals surface area contributed by atoms with Crippen LogP contribution < -0.4 is 0 Å². The third kappa shape index (κ3) is 3.42. The SMILES string of the molecule is Cc1cccc(-c2ccc3oc([C@H]4CCCN4S(=O)(=O)C[C@@]45CC[C@@H](CC4=O)C5(C)C)nc3c2)c1. The summed E-state index contributed by atoms with van der Waals surface area (Å²) in [5, 5.41) is 0. The van der Waals surface area contributed by atoms with Crippen LogP contribution in [0.25, 0.3) is 22.2 Å². The van der Waals surface area contributed by atoms with Crippen molar-refractivity contribution in [2.45, 2.75) is 58.9 Å². The van der Waals surface area contributed by atoms with Crippen molar-refractivity contribution in [3.05, 3.63) is 53.9 Å². The predicted molar refractivity (Wildman–Crippen MR) is 135 cm³/mol.